The third-order valence-electron chi connectivity index (χ3n) is 7.89. The molecule has 35 heavy (non-hydrogen) atoms. The number of benzene rings is 4. The van der Waals surface area contributed by atoms with Crippen LogP contribution in [0.25, 0.3) is 10.8 Å². The summed E-state index contributed by atoms with van der Waals surface area (Å²) in [6, 6.07) is 34.7. The molecule has 3 aliphatic rings. The Bertz CT molecular complexity index is 1400. The highest BCUT2D eigenvalue weighted by Gasteiger charge is 2.51. The quantitative estimate of drug-likeness (QED) is 0.356. The van der Waals surface area contributed by atoms with Gasteiger partial charge in [0.15, 0.2) is 0 Å². The first-order valence-electron chi connectivity index (χ1n) is 12.7. The van der Waals surface area contributed by atoms with E-state index in [4.69, 9.17) is 9.84 Å². The molecule has 4 nitrogen and oxygen atoms in total. The second-order valence-electron chi connectivity index (χ2n) is 9.99. The summed E-state index contributed by atoms with van der Waals surface area (Å²) in [5.74, 6) is 1.03. The van der Waals surface area contributed by atoms with E-state index in [1.807, 2.05) is 0 Å². The van der Waals surface area contributed by atoms with E-state index in [1.165, 1.54) is 27.5 Å². The van der Waals surface area contributed by atoms with Gasteiger partial charge in [0, 0.05) is 50.0 Å². The zero-order chi connectivity index (χ0) is 23.2. The lowest BCUT2D eigenvalue weighted by atomic mass is 9.90. The first-order valence-corrected chi connectivity index (χ1v) is 12.7. The highest BCUT2D eigenvalue weighted by Crippen LogP contribution is 2.50. The number of ether oxygens (including phenoxy) is 1. The van der Waals surface area contributed by atoms with Gasteiger partial charge < -0.3 is 4.74 Å². The molecular weight excluding hydrogens is 430 g/mol. The number of hydrogen-bond donors (Lipinski definition) is 0. The predicted octanol–water partition coefficient (Wildman–Crippen LogP) is 6.38. The fraction of sp³-hybridized carbons (Fsp3) is 0.258. The van der Waals surface area contributed by atoms with Crippen molar-refractivity contribution in [3.63, 3.8) is 0 Å². The molecular formula is C31H29N3O. The molecule has 0 amide bonds. The summed E-state index contributed by atoms with van der Waals surface area (Å²) in [5.41, 5.74) is 4.64. The van der Waals surface area contributed by atoms with Crippen molar-refractivity contribution in [2.75, 3.05) is 13.1 Å². The number of nitrogens with zero attached hydrogens (tertiary/aromatic N) is 3. The molecule has 4 aromatic carbocycles. The summed E-state index contributed by atoms with van der Waals surface area (Å²) in [5, 5.41) is 10.2. The molecule has 4 heteroatoms. The Morgan fingerprint density at radius 1 is 0.800 bits per heavy atom. The van der Waals surface area contributed by atoms with E-state index in [9.17, 15) is 0 Å². The number of hydrazone groups is 1. The summed E-state index contributed by atoms with van der Waals surface area (Å²) < 4.78 is 6.84. The second kappa shape index (κ2) is 8.24. The molecule has 4 aromatic rings. The van der Waals surface area contributed by atoms with Crippen LogP contribution in [0.1, 0.15) is 42.0 Å². The Labute approximate surface area is 206 Å². The fourth-order valence-electron chi connectivity index (χ4n) is 6.10. The van der Waals surface area contributed by atoms with Crippen LogP contribution in [-0.4, -0.2) is 34.4 Å². The summed E-state index contributed by atoms with van der Waals surface area (Å²) in [6.07, 6.45) is 2.79. The smallest absolute Gasteiger partial charge is 0.200 e. The number of fused-ring (bicyclic) bond motifs is 5. The van der Waals surface area contributed by atoms with Crippen molar-refractivity contribution in [3.05, 3.63) is 114 Å². The van der Waals surface area contributed by atoms with Crippen LogP contribution in [0.4, 0.5) is 0 Å². The van der Waals surface area contributed by atoms with E-state index in [2.05, 4.69) is 107 Å². The van der Waals surface area contributed by atoms with Gasteiger partial charge in [-0.1, -0.05) is 91.0 Å². The normalized spacial score (nSPS) is 20.9. The number of likely N-dealkylation sites (tertiary alicyclic amines) is 1. The third-order valence-corrected chi connectivity index (χ3v) is 7.89. The van der Waals surface area contributed by atoms with Gasteiger partial charge in [-0.2, -0.15) is 5.10 Å². The van der Waals surface area contributed by atoms with E-state index < -0.39 is 5.72 Å². The Morgan fingerprint density at radius 2 is 1.54 bits per heavy atom. The third kappa shape index (κ3) is 3.52. The monoisotopic (exact) mass is 459 g/mol. The maximum absolute atomic E-state index is 6.84. The van der Waals surface area contributed by atoms with Crippen LogP contribution in [0.3, 0.4) is 0 Å². The molecule has 0 bridgehead atoms. The van der Waals surface area contributed by atoms with E-state index in [0.29, 0.717) is 0 Å². The van der Waals surface area contributed by atoms with Gasteiger partial charge in [-0.3, -0.25) is 4.90 Å². The lowest BCUT2D eigenvalue weighted by Gasteiger charge is -2.51. The fourth-order valence-corrected chi connectivity index (χ4v) is 6.10. The van der Waals surface area contributed by atoms with Gasteiger partial charge >= 0.3 is 0 Å². The molecule has 1 spiro atoms. The zero-order valence-corrected chi connectivity index (χ0v) is 19.8. The lowest BCUT2D eigenvalue weighted by molar-refractivity contribution is -0.150. The van der Waals surface area contributed by atoms with E-state index >= 15 is 0 Å². The highest BCUT2D eigenvalue weighted by molar-refractivity contribution is 6.11. The van der Waals surface area contributed by atoms with Gasteiger partial charge in [-0.15, -0.1) is 0 Å². The minimum Gasteiger partial charge on any atom is -0.466 e. The van der Waals surface area contributed by atoms with Gasteiger partial charge in [0.1, 0.15) is 5.75 Å². The predicted molar refractivity (Wildman–Crippen MR) is 140 cm³/mol. The van der Waals surface area contributed by atoms with Gasteiger partial charge in [0.25, 0.3) is 0 Å². The number of piperidine rings is 1. The summed E-state index contributed by atoms with van der Waals surface area (Å²) in [4.78, 5) is 2.55. The van der Waals surface area contributed by atoms with Crippen molar-refractivity contribution in [1.82, 2.24) is 9.91 Å². The van der Waals surface area contributed by atoms with Crippen LogP contribution < -0.4 is 4.74 Å². The molecule has 0 N–H and O–H groups in total. The van der Waals surface area contributed by atoms with Gasteiger partial charge in [-0.25, -0.2) is 5.01 Å². The van der Waals surface area contributed by atoms with Crippen molar-refractivity contribution in [3.8, 4) is 5.75 Å². The van der Waals surface area contributed by atoms with E-state index in [-0.39, 0.29) is 6.04 Å². The SMILES string of the molecule is c1ccc(CN2CCC3(CC2)Oc2ccccc2[C@@H]2CC(c4cccc5ccccc45)=NN23)cc1. The van der Waals surface area contributed by atoms with Crippen LogP contribution in [0.15, 0.2) is 102 Å². The lowest BCUT2D eigenvalue weighted by Crippen LogP contribution is -2.59. The Hall–Kier alpha value is -3.63. The molecule has 3 heterocycles. The average Bonchev–Trinajstić information content (AvgIpc) is 3.37. The van der Waals surface area contributed by atoms with Crippen LogP contribution in [0, 0.1) is 0 Å². The Kier molecular flexibility index (Phi) is 4.88. The van der Waals surface area contributed by atoms with Gasteiger partial charge in [0.05, 0.1) is 11.8 Å². The van der Waals surface area contributed by atoms with Crippen LogP contribution in [-0.2, 0) is 6.54 Å². The molecule has 0 aliphatic carbocycles. The second-order valence-corrected chi connectivity index (χ2v) is 9.99. The topological polar surface area (TPSA) is 28.1 Å². The summed E-state index contributed by atoms with van der Waals surface area (Å²) in [6.45, 7) is 2.99. The van der Waals surface area contributed by atoms with Crippen LogP contribution in [0.5, 0.6) is 5.75 Å². The molecule has 0 saturated carbocycles. The molecule has 0 unspecified atom stereocenters. The van der Waals surface area contributed by atoms with Crippen molar-refractivity contribution in [2.45, 2.75) is 37.6 Å². The molecule has 7 rings (SSSR count). The number of para-hydroxylation sites is 1. The van der Waals surface area contributed by atoms with Crippen molar-refractivity contribution >= 4 is 16.5 Å². The van der Waals surface area contributed by atoms with Gasteiger partial charge in [0.2, 0.25) is 5.72 Å². The minimum atomic E-state index is -0.390. The highest BCUT2D eigenvalue weighted by atomic mass is 16.5. The van der Waals surface area contributed by atoms with Crippen molar-refractivity contribution < 1.29 is 4.74 Å². The Morgan fingerprint density at radius 3 is 2.43 bits per heavy atom. The van der Waals surface area contributed by atoms with Crippen molar-refractivity contribution in [1.29, 1.82) is 0 Å². The Balaban J connectivity index is 1.23. The first kappa shape index (κ1) is 20.7. The molecule has 0 radical (unpaired) electrons. The summed E-state index contributed by atoms with van der Waals surface area (Å²) >= 11 is 0. The summed E-state index contributed by atoms with van der Waals surface area (Å²) in [7, 11) is 0. The number of rotatable bonds is 3. The van der Waals surface area contributed by atoms with Crippen LogP contribution in [0.2, 0.25) is 0 Å². The largest absolute Gasteiger partial charge is 0.466 e. The molecule has 1 atom stereocenters. The molecule has 1 fully saturated rings. The molecule has 0 aromatic heterocycles. The maximum Gasteiger partial charge on any atom is 0.200 e. The molecule has 174 valence electrons. The maximum atomic E-state index is 6.84. The standard InChI is InChI=1S/C31H29N3O/c1-2-9-23(10-3-1)22-33-19-17-31(18-20-33)34-29(27-14-6-7-16-30(27)35-31)21-28(32-34)26-15-8-12-24-11-4-5-13-25(24)26/h1-16,29H,17-22H2/t29-/m0/s1. The number of hydrogen-bond acceptors (Lipinski definition) is 4. The first-order chi connectivity index (χ1) is 17.3. The van der Waals surface area contributed by atoms with Gasteiger partial charge in [-0.05, 0) is 22.4 Å². The van der Waals surface area contributed by atoms with Crippen LogP contribution >= 0.6 is 0 Å². The van der Waals surface area contributed by atoms with E-state index in [0.717, 1.165) is 50.4 Å². The van der Waals surface area contributed by atoms with Crippen molar-refractivity contribution in [2.24, 2.45) is 5.10 Å². The molecule has 1 saturated heterocycles. The minimum absolute atomic E-state index is 0.217. The van der Waals surface area contributed by atoms with E-state index in [1.54, 1.807) is 0 Å². The molecule has 3 aliphatic heterocycles. The average molecular weight is 460 g/mol. The zero-order valence-electron chi connectivity index (χ0n) is 19.8.